The molecule has 8 heteroatoms. The molecule has 2 atom stereocenters. The molecule has 1 aliphatic rings. The molecule has 0 spiro atoms. The van der Waals surface area contributed by atoms with Gasteiger partial charge in [0.2, 0.25) is 15.9 Å². The summed E-state index contributed by atoms with van der Waals surface area (Å²) in [7, 11) is -4.12. The maximum atomic E-state index is 13.8. The van der Waals surface area contributed by atoms with Crippen LogP contribution in [-0.4, -0.2) is 40.0 Å². The van der Waals surface area contributed by atoms with Crippen molar-refractivity contribution in [3.63, 3.8) is 0 Å². The molecule has 3 N–H and O–H groups in total. The predicted molar refractivity (Wildman–Crippen MR) is 98.6 cm³/mol. The highest BCUT2D eigenvalue weighted by Gasteiger charge is 2.29. The summed E-state index contributed by atoms with van der Waals surface area (Å²) in [6.07, 6.45) is 3.12. The van der Waals surface area contributed by atoms with Crippen molar-refractivity contribution in [1.82, 2.24) is 15.4 Å². The van der Waals surface area contributed by atoms with Gasteiger partial charge in [-0.3, -0.25) is 4.79 Å². The normalized spacial score (nSPS) is 19.3. The van der Waals surface area contributed by atoms with Crippen LogP contribution >= 0.6 is 0 Å². The number of amides is 1. The summed E-state index contributed by atoms with van der Waals surface area (Å²) in [4.78, 5) is 12.0. The van der Waals surface area contributed by atoms with Crippen molar-refractivity contribution < 1.29 is 17.6 Å². The molecule has 1 fully saturated rings. The van der Waals surface area contributed by atoms with Crippen LogP contribution in [0.15, 0.2) is 29.2 Å². The average molecular weight is 386 g/mol. The van der Waals surface area contributed by atoms with Crippen LogP contribution in [0.2, 0.25) is 0 Å². The Balaban J connectivity index is 1.96. The van der Waals surface area contributed by atoms with Crippen molar-refractivity contribution in [1.29, 1.82) is 0 Å². The van der Waals surface area contributed by atoms with Crippen LogP contribution in [-0.2, 0) is 14.8 Å². The maximum Gasteiger partial charge on any atom is 0.244 e. The summed E-state index contributed by atoms with van der Waals surface area (Å²) in [6.45, 7) is 5.98. The summed E-state index contributed by atoms with van der Waals surface area (Å²) in [5.41, 5.74) is 0. The smallest absolute Gasteiger partial charge is 0.244 e. The van der Waals surface area contributed by atoms with E-state index in [1.807, 2.05) is 0 Å². The Hall–Kier alpha value is -1.51. The van der Waals surface area contributed by atoms with Crippen LogP contribution < -0.4 is 15.4 Å². The van der Waals surface area contributed by atoms with Crippen molar-refractivity contribution in [2.24, 2.45) is 11.8 Å². The SMILES string of the molecule is CC(C)C(NS(=O)(=O)c1ccccc1F)C(=O)NCCC1CCCNC1. The molecule has 1 heterocycles. The summed E-state index contributed by atoms with van der Waals surface area (Å²) in [6, 6.07) is 4.17. The summed E-state index contributed by atoms with van der Waals surface area (Å²) < 4.78 is 41.1. The van der Waals surface area contributed by atoms with Gasteiger partial charge in [-0.2, -0.15) is 4.72 Å². The lowest BCUT2D eigenvalue weighted by Gasteiger charge is -2.24. The van der Waals surface area contributed by atoms with E-state index in [2.05, 4.69) is 15.4 Å². The zero-order valence-electron chi connectivity index (χ0n) is 15.3. The highest BCUT2D eigenvalue weighted by molar-refractivity contribution is 7.89. The quantitative estimate of drug-likeness (QED) is 0.635. The molecule has 1 amide bonds. The lowest BCUT2D eigenvalue weighted by atomic mass is 9.96. The number of rotatable bonds is 8. The molecule has 1 aliphatic heterocycles. The first-order valence-corrected chi connectivity index (χ1v) is 10.5. The Bertz CT molecular complexity index is 703. The molecule has 6 nitrogen and oxygen atoms in total. The number of hydrogen-bond donors (Lipinski definition) is 3. The molecular formula is C18H28FN3O3S. The molecule has 0 aromatic heterocycles. The Morgan fingerprint density at radius 2 is 2.08 bits per heavy atom. The van der Waals surface area contributed by atoms with E-state index in [1.54, 1.807) is 13.8 Å². The standard InChI is InChI=1S/C18H28FN3O3S/c1-13(2)17(18(23)21-11-9-14-6-5-10-20-12-14)22-26(24,25)16-8-4-3-7-15(16)19/h3-4,7-8,13-14,17,20,22H,5-6,9-12H2,1-2H3,(H,21,23). The number of carbonyl (C=O) groups is 1. The number of halogens is 1. The highest BCUT2D eigenvalue weighted by atomic mass is 32.2. The van der Waals surface area contributed by atoms with E-state index in [-0.39, 0.29) is 11.8 Å². The fraction of sp³-hybridized carbons (Fsp3) is 0.611. The van der Waals surface area contributed by atoms with Gasteiger partial charge in [-0.25, -0.2) is 12.8 Å². The minimum atomic E-state index is -4.12. The van der Waals surface area contributed by atoms with E-state index in [0.29, 0.717) is 12.5 Å². The van der Waals surface area contributed by atoms with Gasteiger partial charge < -0.3 is 10.6 Å². The minimum Gasteiger partial charge on any atom is -0.355 e. The predicted octanol–water partition coefficient (Wildman–Crippen LogP) is 1.63. The second-order valence-corrected chi connectivity index (χ2v) is 8.75. The molecule has 0 radical (unpaired) electrons. The van der Waals surface area contributed by atoms with Gasteiger partial charge in [0.15, 0.2) is 0 Å². The van der Waals surface area contributed by atoms with E-state index < -0.39 is 26.8 Å². The van der Waals surface area contributed by atoms with Gasteiger partial charge in [-0.15, -0.1) is 0 Å². The van der Waals surface area contributed by atoms with Crippen LogP contribution in [0.25, 0.3) is 0 Å². The first kappa shape index (κ1) is 20.8. The summed E-state index contributed by atoms with van der Waals surface area (Å²) in [5, 5.41) is 6.14. The minimum absolute atomic E-state index is 0.270. The van der Waals surface area contributed by atoms with Crippen molar-refractivity contribution in [3.05, 3.63) is 30.1 Å². The van der Waals surface area contributed by atoms with Crippen molar-refractivity contribution in [2.45, 2.75) is 44.0 Å². The van der Waals surface area contributed by atoms with E-state index >= 15 is 0 Å². The third-order valence-corrected chi connectivity index (χ3v) is 6.08. The molecule has 2 rings (SSSR count). The number of hydrogen-bond acceptors (Lipinski definition) is 4. The monoisotopic (exact) mass is 385 g/mol. The number of benzene rings is 1. The van der Waals surface area contributed by atoms with E-state index in [9.17, 15) is 17.6 Å². The van der Waals surface area contributed by atoms with Gasteiger partial charge in [0.25, 0.3) is 0 Å². The third kappa shape index (κ3) is 5.75. The average Bonchev–Trinajstić information content (AvgIpc) is 2.60. The first-order valence-electron chi connectivity index (χ1n) is 9.06. The van der Waals surface area contributed by atoms with Gasteiger partial charge in [0.1, 0.15) is 16.8 Å². The molecule has 146 valence electrons. The number of carbonyl (C=O) groups excluding carboxylic acids is 1. The van der Waals surface area contributed by atoms with Crippen LogP contribution in [0.4, 0.5) is 4.39 Å². The fourth-order valence-corrected chi connectivity index (χ4v) is 4.49. The summed E-state index contributed by atoms with van der Waals surface area (Å²) >= 11 is 0. The van der Waals surface area contributed by atoms with Crippen molar-refractivity contribution in [3.8, 4) is 0 Å². The van der Waals surface area contributed by atoms with Gasteiger partial charge in [0, 0.05) is 6.54 Å². The van der Waals surface area contributed by atoms with Gasteiger partial charge >= 0.3 is 0 Å². The molecule has 0 bridgehead atoms. The number of sulfonamides is 1. The van der Waals surface area contributed by atoms with Crippen LogP contribution in [0, 0.1) is 17.7 Å². The molecule has 2 unspecified atom stereocenters. The zero-order chi connectivity index (χ0) is 19.2. The van der Waals surface area contributed by atoms with Crippen molar-refractivity contribution >= 4 is 15.9 Å². The molecule has 1 aromatic carbocycles. The maximum absolute atomic E-state index is 13.8. The molecular weight excluding hydrogens is 357 g/mol. The Morgan fingerprint density at radius 1 is 1.35 bits per heavy atom. The Morgan fingerprint density at radius 3 is 2.69 bits per heavy atom. The number of piperidine rings is 1. The second-order valence-electron chi connectivity index (χ2n) is 7.07. The second kappa shape index (κ2) is 9.43. The van der Waals surface area contributed by atoms with E-state index in [1.165, 1.54) is 18.2 Å². The Kier molecular flexibility index (Phi) is 7.55. The Labute approximate surface area is 155 Å². The highest BCUT2D eigenvalue weighted by Crippen LogP contribution is 2.16. The molecule has 1 aromatic rings. The van der Waals surface area contributed by atoms with Gasteiger partial charge in [-0.1, -0.05) is 26.0 Å². The van der Waals surface area contributed by atoms with Crippen molar-refractivity contribution in [2.75, 3.05) is 19.6 Å². The molecule has 26 heavy (non-hydrogen) atoms. The lowest BCUT2D eigenvalue weighted by molar-refractivity contribution is -0.123. The van der Waals surface area contributed by atoms with Gasteiger partial charge in [-0.05, 0) is 56.3 Å². The molecule has 1 saturated heterocycles. The fourth-order valence-electron chi connectivity index (χ4n) is 3.07. The topological polar surface area (TPSA) is 87.3 Å². The van der Waals surface area contributed by atoms with Crippen LogP contribution in [0.3, 0.4) is 0 Å². The van der Waals surface area contributed by atoms with Crippen LogP contribution in [0.1, 0.15) is 33.1 Å². The first-order chi connectivity index (χ1) is 12.3. The van der Waals surface area contributed by atoms with Gasteiger partial charge in [0.05, 0.1) is 0 Å². The third-order valence-electron chi connectivity index (χ3n) is 4.61. The molecule has 0 aliphatic carbocycles. The van der Waals surface area contributed by atoms with E-state index in [4.69, 9.17) is 0 Å². The lowest BCUT2D eigenvalue weighted by Crippen LogP contribution is -2.50. The van der Waals surface area contributed by atoms with Crippen LogP contribution in [0.5, 0.6) is 0 Å². The largest absolute Gasteiger partial charge is 0.355 e. The molecule has 0 saturated carbocycles. The summed E-state index contributed by atoms with van der Waals surface area (Å²) in [5.74, 6) is -0.971. The van der Waals surface area contributed by atoms with E-state index in [0.717, 1.165) is 38.4 Å². The number of nitrogens with one attached hydrogen (secondary N) is 3. The zero-order valence-corrected chi connectivity index (χ0v) is 16.1.